The number of rotatable bonds is 5. The minimum atomic E-state index is -0.494. The lowest BCUT2D eigenvalue weighted by atomic mass is 10.1. The number of esters is 1. The van der Waals surface area contributed by atoms with E-state index in [1.165, 1.54) is 17.4 Å². The van der Waals surface area contributed by atoms with Crippen LogP contribution >= 0.6 is 11.3 Å². The molecule has 2 N–H and O–H groups in total. The Bertz CT molecular complexity index is 592. The van der Waals surface area contributed by atoms with Crippen LogP contribution in [0.4, 0.5) is 5.82 Å². The first-order valence-electron chi connectivity index (χ1n) is 6.18. The van der Waals surface area contributed by atoms with E-state index in [9.17, 15) is 9.59 Å². The predicted molar refractivity (Wildman–Crippen MR) is 75.9 cm³/mol. The van der Waals surface area contributed by atoms with Crippen molar-refractivity contribution in [3.05, 3.63) is 34.2 Å². The van der Waals surface area contributed by atoms with E-state index in [4.69, 9.17) is 4.74 Å². The Kier molecular flexibility index (Phi) is 4.52. The molecule has 2 aromatic heterocycles. The summed E-state index contributed by atoms with van der Waals surface area (Å²) < 4.78 is 4.83. The molecular weight excluding hydrogens is 278 g/mol. The highest BCUT2D eigenvalue weighted by Crippen LogP contribution is 2.22. The lowest BCUT2D eigenvalue weighted by Gasteiger charge is -2.08. The van der Waals surface area contributed by atoms with Crippen LogP contribution in [0, 0.1) is 0 Å². The highest BCUT2D eigenvalue weighted by atomic mass is 32.1. The molecule has 1 amide bonds. The first-order valence-corrected chi connectivity index (χ1v) is 7.06. The maximum atomic E-state index is 12.0. The molecule has 0 aliphatic heterocycles. The van der Waals surface area contributed by atoms with Crippen molar-refractivity contribution in [1.29, 1.82) is 0 Å². The number of carbonyl (C=O) groups excluding carboxylic acids is 2. The van der Waals surface area contributed by atoms with Crippen LogP contribution < -0.4 is 5.32 Å². The number of hydrogen-bond donors (Lipinski definition) is 2. The third kappa shape index (κ3) is 3.24. The summed E-state index contributed by atoms with van der Waals surface area (Å²) in [5, 5.41) is 11.0. The number of thiophene rings is 1. The molecule has 0 radical (unpaired) electrons. The molecule has 0 bridgehead atoms. The topological polar surface area (TPSA) is 84.1 Å². The van der Waals surface area contributed by atoms with Gasteiger partial charge in [0.2, 0.25) is 5.91 Å². The van der Waals surface area contributed by atoms with Gasteiger partial charge in [-0.1, -0.05) is 6.07 Å². The van der Waals surface area contributed by atoms with E-state index < -0.39 is 5.97 Å². The summed E-state index contributed by atoms with van der Waals surface area (Å²) in [6.07, 6.45) is 0. The van der Waals surface area contributed by atoms with Crippen molar-refractivity contribution in [3.63, 3.8) is 0 Å². The van der Waals surface area contributed by atoms with Crippen molar-refractivity contribution in [3.8, 4) is 0 Å². The van der Waals surface area contributed by atoms with Gasteiger partial charge in [0.15, 0.2) is 5.82 Å². The molecule has 2 heterocycles. The Morgan fingerprint density at radius 1 is 1.55 bits per heavy atom. The fourth-order valence-electron chi connectivity index (χ4n) is 1.60. The summed E-state index contributed by atoms with van der Waals surface area (Å²) in [4.78, 5) is 24.5. The molecule has 1 unspecified atom stereocenters. The average Bonchev–Trinajstić information content (AvgIpc) is 3.09. The van der Waals surface area contributed by atoms with Gasteiger partial charge in [-0.3, -0.25) is 9.89 Å². The summed E-state index contributed by atoms with van der Waals surface area (Å²) in [6, 6.07) is 5.26. The SMILES string of the molecule is CCOC(=O)c1cc(NC(=O)C(C)c2cccs2)n[nH]1. The number of ether oxygens (including phenoxy) is 1. The molecule has 0 aliphatic carbocycles. The predicted octanol–water partition coefficient (Wildman–Crippen LogP) is 2.39. The zero-order valence-corrected chi connectivity index (χ0v) is 12.0. The number of nitrogens with zero attached hydrogens (tertiary/aromatic N) is 1. The van der Waals surface area contributed by atoms with Crippen molar-refractivity contribution in [1.82, 2.24) is 10.2 Å². The first-order chi connectivity index (χ1) is 9.61. The zero-order valence-electron chi connectivity index (χ0n) is 11.2. The summed E-state index contributed by atoms with van der Waals surface area (Å²) in [5.74, 6) is -0.625. The number of anilines is 1. The normalized spacial score (nSPS) is 11.9. The van der Waals surface area contributed by atoms with Crippen molar-refractivity contribution in [2.75, 3.05) is 11.9 Å². The van der Waals surface area contributed by atoms with Crippen molar-refractivity contribution in [2.45, 2.75) is 19.8 Å². The number of aromatic amines is 1. The number of amides is 1. The molecule has 106 valence electrons. The van der Waals surface area contributed by atoms with Gasteiger partial charge < -0.3 is 10.1 Å². The molecule has 0 saturated carbocycles. The molecule has 7 heteroatoms. The fourth-order valence-corrected chi connectivity index (χ4v) is 2.38. The third-order valence-corrected chi connectivity index (χ3v) is 3.74. The van der Waals surface area contributed by atoms with Gasteiger partial charge in [0.05, 0.1) is 12.5 Å². The van der Waals surface area contributed by atoms with Crippen molar-refractivity contribution < 1.29 is 14.3 Å². The highest BCUT2D eigenvalue weighted by Gasteiger charge is 2.18. The van der Waals surface area contributed by atoms with Crippen LogP contribution in [0.5, 0.6) is 0 Å². The molecule has 6 nitrogen and oxygen atoms in total. The van der Waals surface area contributed by atoms with Gasteiger partial charge in [-0.15, -0.1) is 11.3 Å². The van der Waals surface area contributed by atoms with Crippen LogP contribution in [0.25, 0.3) is 0 Å². The van der Waals surface area contributed by atoms with Crippen LogP contribution in [0.2, 0.25) is 0 Å². The maximum absolute atomic E-state index is 12.0. The van der Waals surface area contributed by atoms with Gasteiger partial charge in [0.25, 0.3) is 0 Å². The Morgan fingerprint density at radius 3 is 3.00 bits per heavy atom. The standard InChI is InChI=1S/C13H15N3O3S/c1-3-19-13(18)9-7-11(16-15-9)14-12(17)8(2)10-5-4-6-20-10/h4-8H,3H2,1-2H3,(H2,14,15,16,17). The van der Waals surface area contributed by atoms with Crippen LogP contribution in [0.15, 0.2) is 23.6 Å². The van der Waals surface area contributed by atoms with E-state index in [0.717, 1.165) is 4.88 Å². The van der Waals surface area contributed by atoms with Crippen LogP contribution in [-0.2, 0) is 9.53 Å². The molecule has 1 atom stereocenters. The lowest BCUT2D eigenvalue weighted by molar-refractivity contribution is -0.117. The van der Waals surface area contributed by atoms with E-state index in [-0.39, 0.29) is 24.1 Å². The number of hydrogen-bond acceptors (Lipinski definition) is 5. The van der Waals surface area contributed by atoms with E-state index >= 15 is 0 Å². The second kappa shape index (κ2) is 6.33. The second-order valence-electron chi connectivity index (χ2n) is 4.11. The van der Waals surface area contributed by atoms with E-state index in [1.54, 1.807) is 6.92 Å². The van der Waals surface area contributed by atoms with Crippen molar-refractivity contribution >= 4 is 29.0 Å². The fraction of sp³-hybridized carbons (Fsp3) is 0.308. The number of H-pyrrole nitrogens is 1. The second-order valence-corrected chi connectivity index (χ2v) is 5.09. The third-order valence-electron chi connectivity index (χ3n) is 2.69. The van der Waals surface area contributed by atoms with Gasteiger partial charge in [-0.2, -0.15) is 5.10 Å². The van der Waals surface area contributed by atoms with E-state index in [1.807, 2.05) is 24.4 Å². The average molecular weight is 293 g/mol. The summed E-state index contributed by atoms with van der Waals surface area (Å²) >= 11 is 1.52. The minimum Gasteiger partial charge on any atom is -0.461 e. The van der Waals surface area contributed by atoms with Gasteiger partial charge in [0.1, 0.15) is 5.69 Å². The van der Waals surface area contributed by atoms with E-state index in [0.29, 0.717) is 5.82 Å². The molecule has 0 aliphatic rings. The summed E-state index contributed by atoms with van der Waals surface area (Å²) in [6.45, 7) is 3.83. The lowest BCUT2D eigenvalue weighted by Crippen LogP contribution is -2.18. The molecule has 0 fully saturated rings. The molecule has 2 aromatic rings. The van der Waals surface area contributed by atoms with Gasteiger partial charge >= 0.3 is 5.97 Å². The van der Waals surface area contributed by atoms with Gasteiger partial charge in [-0.25, -0.2) is 4.79 Å². The summed E-state index contributed by atoms with van der Waals surface area (Å²) in [7, 11) is 0. The molecule has 0 aromatic carbocycles. The Hall–Kier alpha value is -2.15. The largest absolute Gasteiger partial charge is 0.461 e. The van der Waals surface area contributed by atoms with Gasteiger partial charge in [-0.05, 0) is 25.3 Å². The maximum Gasteiger partial charge on any atom is 0.356 e. The smallest absolute Gasteiger partial charge is 0.356 e. The quantitative estimate of drug-likeness (QED) is 0.829. The molecule has 2 rings (SSSR count). The molecule has 0 spiro atoms. The Balaban J connectivity index is 2.00. The van der Waals surface area contributed by atoms with Crippen molar-refractivity contribution in [2.24, 2.45) is 0 Å². The zero-order chi connectivity index (χ0) is 14.5. The van der Waals surface area contributed by atoms with Crippen LogP contribution in [0.3, 0.4) is 0 Å². The molecular formula is C13H15N3O3S. The highest BCUT2D eigenvalue weighted by molar-refractivity contribution is 7.10. The van der Waals surface area contributed by atoms with E-state index in [2.05, 4.69) is 15.5 Å². The Labute approximate surface area is 120 Å². The van der Waals surface area contributed by atoms with Crippen LogP contribution in [0.1, 0.15) is 35.1 Å². The molecule has 20 heavy (non-hydrogen) atoms. The Morgan fingerprint density at radius 2 is 2.35 bits per heavy atom. The minimum absolute atomic E-state index is 0.172. The number of carbonyl (C=O) groups is 2. The number of aromatic nitrogens is 2. The van der Waals surface area contributed by atoms with Crippen LogP contribution in [-0.4, -0.2) is 28.7 Å². The van der Waals surface area contributed by atoms with Gasteiger partial charge in [0, 0.05) is 10.9 Å². The first kappa shape index (κ1) is 14.3. The monoisotopic (exact) mass is 293 g/mol. The number of nitrogens with one attached hydrogen (secondary N) is 2. The molecule has 0 saturated heterocycles. The summed E-state index contributed by atoms with van der Waals surface area (Å²) in [5.41, 5.74) is 0.214.